The summed E-state index contributed by atoms with van der Waals surface area (Å²) in [6, 6.07) is 17.8. The standard InChI is InChI=1S/C25H30N2O4/c1-4-29-24(14-16-26-19(3)28)20-10-12-22(13-11-20)30-17-15-23-18(2)31-25(27-23)21-8-6-5-7-9-21/h5-13,24H,4,14-17H2,1-3H3,(H,26,28). The van der Waals surface area contributed by atoms with Gasteiger partial charge in [0.25, 0.3) is 0 Å². The van der Waals surface area contributed by atoms with Crippen molar-refractivity contribution in [2.24, 2.45) is 0 Å². The molecular formula is C25H30N2O4. The van der Waals surface area contributed by atoms with E-state index in [9.17, 15) is 4.79 Å². The van der Waals surface area contributed by atoms with E-state index in [2.05, 4.69) is 10.3 Å². The van der Waals surface area contributed by atoms with Gasteiger partial charge >= 0.3 is 0 Å². The van der Waals surface area contributed by atoms with Crippen LogP contribution in [0.2, 0.25) is 0 Å². The molecule has 164 valence electrons. The van der Waals surface area contributed by atoms with Crippen LogP contribution in [0.5, 0.6) is 5.75 Å². The molecule has 0 aliphatic heterocycles. The lowest BCUT2D eigenvalue weighted by atomic mass is 10.1. The van der Waals surface area contributed by atoms with E-state index in [0.717, 1.165) is 34.8 Å². The number of oxazole rings is 1. The van der Waals surface area contributed by atoms with Crippen molar-refractivity contribution >= 4 is 5.91 Å². The van der Waals surface area contributed by atoms with Crippen molar-refractivity contribution in [3.63, 3.8) is 0 Å². The molecular weight excluding hydrogens is 392 g/mol. The minimum absolute atomic E-state index is 0.0303. The van der Waals surface area contributed by atoms with E-state index in [4.69, 9.17) is 13.9 Å². The second-order valence-corrected chi connectivity index (χ2v) is 7.27. The molecule has 1 unspecified atom stereocenters. The van der Waals surface area contributed by atoms with Crippen molar-refractivity contribution < 1.29 is 18.7 Å². The number of aromatic nitrogens is 1. The van der Waals surface area contributed by atoms with Gasteiger partial charge in [0.05, 0.1) is 18.4 Å². The highest BCUT2D eigenvalue weighted by molar-refractivity contribution is 5.72. The van der Waals surface area contributed by atoms with Crippen molar-refractivity contribution in [3.8, 4) is 17.2 Å². The number of nitrogens with one attached hydrogen (secondary N) is 1. The fourth-order valence-corrected chi connectivity index (χ4v) is 3.34. The first kappa shape index (κ1) is 22.6. The molecule has 1 aromatic heterocycles. The van der Waals surface area contributed by atoms with E-state index >= 15 is 0 Å². The van der Waals surface area contributed by atoms with Gasteiger partial charge in [0, 0.05) is 32.1 Å². The van der Waals surface area contributed by atoms with Gasteiger partial charge in [-0.2, -0.15) is 0 Å². The van der Waals surface area contributed by atoms with Gasteiger partial charge < -0.3 is 19.2 Å². The van der Waals surface area contributed by atoms with Gasteiger partial charge in [-0.15, -0.1) is 0 Å². The summed E-state index contributed by atoms with van der Waals surface area (Å²) in [5.74, 6) is 2.22. The summed E-state index contributed by atoms with van der Waals surface area (Å²) < 4.78 is 17.5. The predicted octanol–water partition coefficient (Wildman–Crippen LogP) is 4.88. The quantitative estimate of drug-likeness (QED) is 0.477. The fraction of sp³-hybridized carbons (Fsp3) is 0.360. The van der Waals surface area contributed by atoms with Crippen LogP contribution in [0.4, 0.5) is 0 Å². The summed E-state index contributed by atoms with van der Waals surface area (Å²) in [7, 11) is 0. The molecule has 0 aliphatic rings. The van der Waals surface area contributed by atoms with Crippen LogP contribution in [-0.4, -0.2) is 30.6 Å². The Morgan fingerprint density at radius 1 is 1.13 bits per heavy atom. The lowest BCUT2D eigenvalue weighted by Crippen LogP contribution is -2.23. The van der Waals surface area contributed by atoms with E-state index in [1.807, 2.05) is 68.4 Å². The molecule has 0 saturated carbocycles. The first-order valence-electron chi connectivity index (χ1n) is 10.7. The average molecular weight is 423 g/mol. The van der Waals surface area contributed by atoms with Crippen molar-refractivity contribution in [2.45, 2.75) is 39.7 Å². The third kappa shape index (κ3) is 6.69. The molecule has 6 heteroatoms. The van der Waals surface area contributed by atoms with Gasteiger partial charge in [0.2, 0.25) is 11.8 Å². The normalized spacial score (nSPS) is 11.8. The Balaban J connectivity index is 1.53. The Morgan fingerprint density at radius 3 is 2.55 bits per heavy atom. The van der Waals surface area contributed by atoms with E-state index < -0.39 is 0 Å². The Hall–Kier alpha value is -3.12. The summed E-state index contributed by atoms with van der Waals surface area (Å²) >= 11 is 0. The number of carbonyl (C=O) groups is 1. The third-order valence-electron chi connectivity index (χ3n) is 4.92. The molecule has 0 bridgehead atoms. The third-order valence-corrected chi connectivity index (χ3v) is 4.92. The fourth-order valence-electron chi connectivity index (χ4n) is 3.34. The van der Waals surface area contributed by atoms with Crippen LogP contribution in [-0.2, 0) is 16.0 Å². The summed E-state index contributed by atoms with van der Waals surface area (Å²) in [6.07, 6.45) is 1.34. The maximum absolute atomic E-state index is 11.1. The molecule has 1 heterocycles. The maximum Gasteiger partial charge on any atom is 0.226 e. The second-order valence-electron chi connectivity index (χ2n) is 7.27. The highest BCUT2D eigenvalue weighted by Gasteiger charge is 2.13. The lowest BCUT2D eigenvalue weighted by molar-refractivity contribution is -0.119. The molecule has 3 rings (SSSR count). The molecule has 0 saturated heterocycles. The van der Waals surface area contributed by atoms with Crippen molar-refractivity contribution in [1.29, 1.82) is 0 Å². The van der Waals surface area contributed by atoms with E-state index in [-0.39, 0.29) is 12.0 Å². The Bertz CT molecular complexity index is 951. The van der Waals surface area contributed by atoms with Gasteiger partial charge in [-0.25, -0.2) is 4.98 Å². The Labute approximate surface area is 183 Å². The smallest absolute Gasteiger partial charge is 0.226 e. The molecule has 0 aliphatic carbocycles. The minimum Gasteiger partial charge on any atom is -0.493 e. The zero-order valence-corrected chi connectivity index (χ0v) is 18.4. The minimum atomic E-state index is -0.0555. The van der Waals surface area contributed by atoms with E-state index in [0.29, 0.717) is 32.1 Å². The number of benzene rings is 2. The van der Waals surface area contributed by atoms with Crippen LogP contribution in [0.15, 0.2) is 59.0 Å². The van der Waals surface area contributed by atoms with Crippen LogP contribution in [0.1, 0.15) is 43.4 Å². The van der Waals surface area contributed by atoms with Crippen LogP contribution in [0.25, 0.3) is 11.5 Å². The Kier molecular flexibility index (Phi) is 8.24. The van der Waals surface area contributed by atoms with Crippen LogP contribution in [0.3, 0.4) is 0 Å². The summed E-state index contributed by atoms with van der Waals surface area (Å²) in [6.45, 7) is 7.13. The van der Waals surface area contributed by atoms with Crippen LogP contribution >= 0.6 is 0 Å². The average Bonchev–Trinajstić information content (AvgIpc) is 3.15. The topological polar surface area (TPSA) is 73.6 Å². The largest absolute Gasteiger partial charge is 0.493 e. The number of amides is 1. The van der Waals surface area contributed by atoms with Gasteiger partial charge in [-0.3, -0.25) is 4.79 Å². The molecule has 1 atom stereocenters. The summed E-state index contributed by atoms with van der Waals surface area (Å²) in [5.41, 5.74) is 2.94. The van der Waals surface area contributed by atoms with Gasteiger partial charge in [-0.1, -0.05) is 30.3 Å². The molecule has 1 N–H and O–H groups in total. The molecule has 0 fully saturated rings. The number of aryl methyl sites for hydroxylation is 1. The molecule has 2 aromatic carbocycles. The van der Waals surface area contributed by atoms with Crippen LogP contribution in [0, 0.1) is 6.92 Å². The Morgan fingerprint density at radius 2 is 1.87 bits per heavy atom. The van der Waals surface area contributed by atoms with Crippen LogP contribution < -0.4 is 10.1 Å². The second kappa shape index (κ2) is 11.3. The van der Waals surface area contributed by atoms with Gasteiger partial charge in [-0.05, 0) is 50.1 Å². The zero-order chi connectivity index (χ0) is 22.1. The monoisotopic (exact) mass is 422 g/mol. The lowest BCUT2D eigenvalue weighted by Gasteiger charge is -2.18. The highest BCUT2D eigenvalue weighted by Crippen LogP contribution is 2.24. The zero-order valence-electron chi connectivity index (χ0n) is 18.4. The van der Waals surface area contributed by atoms with Crippen molar-refractivity contribution in [3.05, 3.63) is 71.6 Å². The summed E-state index contributed by atoms with van der Waals surface area (Å²) in [5, 5.41) is 2.82. The van der Waals surface area contributed by atoms with Crippen molar-refractivity contribution in [1.82, 2.24) is 10.3 Å². The number of hydrogen-bond donors (Lipinski definition) is 1. The van der Waals surface area contributed by atoms with Crippen molar-refractivity contribution in [2.75, 3.05) is 19.8 Å². The maximum atomic E-state index is 11.1. The molecule has 6 nitrogen and oxygen atoms in total. The number of carbonyl (C=O) groups excluding carboxylic acids is 1. The number of rotatable bonds is 11. The molecule has 0 radical (unpaired) electrons. The highest BCUT2D eigenvalue weighted by atomic mass is 16.5. The number of hydrogen-bond acceptors (Lipinski definition) is 5. The van der Waals surface area contributed by atoms with Gasteiger partial charge in [0.15, 0.2) is 0 Å². The summed E-state index contributed by atoms with van der Waals surface area (Å²) in [4.78, 5) is 15.7. The molecule has 1 amide bonds. The predicted molar refractivity (Wildman–Crippen MR) is 120 cm³/mol. The SMILES string of the molecule is CCOC(CCNC(C)=O)c1ccc(OCCc2nc(-c3ccccc3)oc2C)cc1. The molecule has 3 aromatic rings. The number of nitrogens with zero attached hydrogens (tertiary/aromatic N) is 1. The van der Waals surface area contributed by atoms with Gasteiger partial charge in [0.1, 0.15) is 11.5 Å². The molecule has 31 heavy (non-hydrogen) atoms. The van der Waals surface area contributed by atoms with E-state index in [1.165, 1.54) is 6.92 Å². The molecule has 0 spiro atoms. The number of ether oxygens (including phenoxy) is 2. The first-order valence-corrected chi connectivity index (χ1v) is 10.7. The first-order chi connectivity index (χ1) is 15.1. The van der Waals surface area contributed by atoms with E-state index in [1.54, 1.807) is 0 Å².